The lowest BCUT2D eigenvalue weighted by Gasteiger charge is -2.32. The van der Waals surface area contributed by atoms with Crippen LogP contribution in [0.3, 0.4) is 0 Å². The maximum atomic E-state index is 14.9. The first-order valence-electron chi connectivity index (χ1n) is 10.2. The van der Waals surface area contributed by atoms with E-state index in [4.69, 9.17) is 0 Å². The zero-order valence-electron chi connectivity index (χ0n) is 18.0. The number of hydrogen-bond acceptors (Lipinski definition) is 4. The minimum atomic E-state index is -6.30. The van der Waals surface area contributed by atoms with Crippen molar-refractivity contribution in [2.24, 2.45) is 0 Å². The molecule has 10 heteroatoms. The van der Waals surface area contributed by atoms with Gasteiger partial charge in [0.05, 0.1) is 13.2 Å². The fourth-order valence-corrected chi connectivity index (χ4v) is 4.76. The lowest BCUT2D eigenvalue weighted by molar-refractivity contribution is -0.379. The highest BCUT2D eigenvalue weighted by Gasteiger charge is 2.72. The molecule has 1 unspecified atom stereocenters. The van der Waals surface area contributed by atoms with Crippen molar-refractivity contribution in [1.82, 2.24) is 0 Å². The summed E-state index contributed by atoms with van der Waals surface area (Å²) in [6, 6.07) is 12.1. The van der Waals surface area contributed by atoms with Gasteiger partial charge in [0.1, 0.15) is 0 Å². The second kappa shape index (κ2) is 9.69. The molecule has 2 aromatic carbocycles. The predicted molar refractivity (Wildman–Crippen MR) is 116 cm³/mol. The smallest absolute Gasteiger partial charge is 0.392 e. The van der Waals surface area contributed by atoms with Gasteiger partial charge in [0.25, 0.3) is 0 Å². The minimum Gasteiger partial charge on any atom is -0.392 e. The SMILES string of the molecule is Cc1cccc(-c2ccc(CCc3ccc(CO)c(CO)c3)s2)c1C(O)(F)C(F)(F)C(F)(F)F. The van der Waals surface area contributed by atoms with Gasteiger partial charge >= 0.3 is 18.0 Å². The molecule has 184 valence electrons. The van der Waals surface area contributed by atoms with Gasteiger partial charge in [-0.05, 0) is 54.2 Å². The highest BCUT2D eigenvalue weighted by atomic mass is 32.1. The molecule has 0 saturated carbocycles. The second-order valence-electron chi connectivity index (χ2n) is 7.88. The number of aryl methyl sites for hydroxylation is 3. The molecule has 34 heavy (non-hydrogen) atoms. The maximum absolute atomic E-state index is 14.9. The first kappa shape index (κ1) is 26.2. The van der Waals surface area contributed by atoms with Crippen molar-refractivity contribution in [3.05, 3.63) is 81.2 Å². The molecule has 0 radical (unpaired) electrons. The number of rotatable bonds is 8. The third kappa shape index (κ3) is 4.86. The average molecular weight is 504 g/mol. The Morgan fingerprint density at radius 2 is 1.50 bits per heavy atom. The van der Waals surface area contributed by atoms with E-state index in [0.717, 1.165) is 34.8 Å². The number of aliphatic hydroxyl groups is 3. The zero-order chi connectivity index (χ0) is 25.3. The average Bonchev–Trinajstić information content (AvgIpc) is 3.25. The Kier molecular flexibility index (Phi) is 7.47. The van der Waals surface area contributed by atoms with Gasteiger partial charge in [-0.15, -0.1) is 11.3 Å². The van der Waals surface area contributed by atoms with Crippen LogP contribution in [0.4, 0.5) is 26.3 Å². The van der Waals surface area contributed by atoms with Crippen LogP contribution in [0.25, 0.3) is 10.4 Å². The topological polar surface area (TPSA) is 60.7 Å². The minimum absolute atomic E-state index is 0.211. The monoisotopic (exact) mass is 504 g/mol. The molecule has 0 bridgehead atoms. The number of aliphatic hydroxyl groups excluding tert-OH is 2. The van der Waals surface area contributed by atoms with Gasteiger partial charge in [-0.25, -0.2) is 0 Å². The summed E-state index contributed by atoms with van der Waals surface area (Å²) >= 11 is 1.09. The van der Waals surface area contributed by atoms with Crippen molar-refractivity contribution in [3.8, 4) is 10.4 Å². The first-order valence-corrected chi connectivity index (χ1v) is 11.0. The first-order chi connectivity index (χ1) is 15.8. The van der Waals surface area contributed by atoms with Crippen LogP contribution in [0.15, 0.2) is 48.5 Å². The molecule has 1 aromatic heterocycles. The summed E-state index contributed by atoms with van der Waals surface area (Å²) in [6.07, 6.45) is -5.29. The van der Waals surface area contributed by atoms with E-state index in [1.807, 2.05) is 0 Å². The van der Waals surface area contributed by atoms with Crippen molar-refractivity contribution in [2.45, 2.75) is 50.9 Å². The molecule has 3 N–H and O–H groups in total. The third-order valence-corrected chi connectivity index (χ3v) is 6.75. The van der Waals surface area contributed by atoms with Gasteiger partial charge in [0, 0.05) is 20.9 Å². The molecular formula is C24H22F6O3S. The highest BCUT2D eigenvalue weighted by Crippen LogP contribution is 2.52. The molecule has 0 fully saturated rings. The van der Waals surface area contributed by atoms with Crippen molar-refractivity contribution in [3.63, 3.8) is 0 Å². The van der Waals surface area contributed by atoms with Gasteiger partial charge < -0.3 is 15.3 Å². The molecule has 1 heterocycles. The number of thiophene rings is 1. The molecule has 3 aromatic rings. The van der Waals surface area contributed by atoms with E-state index in [1.54, 1.807) is 24.3 Å². The Morgan fingerprint density at radius 3 is 2.12 bits per heavy atom. The van der Waals surface area contributed by atoms with Gasteiger partial charge in [0.2, 0.25) is 0 Å². The van der Waals surface area contributed by atoms with E-state index < -0.39 is 23.5 Å². The Hall–Kier alpha value is -2.40. The largest absolute Gasteiger partial charge is 0.459 e. The third-order valence-electron chi connectivity index (χ3n) is 5.57. The fourth-order valence-electron chi connectivity index (χ4n) is 3.72. The van der Waals surface area contributed by atoms with Crippen LogP contribution in [0.5, 0.6) is 0 Å². The summed E-state index contributed by atoms with van der Waals surface area (Å²) in [6.45, 7) is 0.703. The van der Waals surface area contributed by atoms with Crippen molar-refractivity contribution < 1.29 is 41.7 Å². The van der Waals surface area contributed by atoms with Gasteiger partial charge in [-0.3, -0.25) is 0 Å². The molecule has 0 spiro atoms. The molecule has 3 nitrogen and oxygen atoms in total. The summed E-state index contributed by atoms with van der Waals surface area (Å²) in [5, 5.41) is 28.6. The molecule has 0 amide bonds. The summed E-state index contributed by atoms with van der Waals surface area (Å²) < 4.78 is 81.3. The van der Waals surface area contributed by atoms with Crippen LogP contribution in [-0.4, -0.2) is 27.4 Å². The lowest BCUT2D eigenvalue weighted by atomic mass is 9.90. The standard InChI is InChI=1S/C24H22F6O3S/c1-14-3-2-4-19(21(14)22(25,33)23(26,27)24(28,29)30)20-10-9-18(34-20)8-6-15-5-7-16(12-31)17(11-15)13-32/h2-5,7,9-11,31-33H,6,8,12-13H2,1H3. The van der Waals surface area contributed by atoms with Gasteiger partial charge in [-0.1, -0.05) is 36.4 Å². The number of halogens is 6. The normalized spacial score (nSPS) is 14.3. The summed E-state index contributed by atoms with van der Waals surface area (Å²) in [4.78, 5) is 0.985. The van der Waals surface area contributed by atoms with Crippen molar-refractivity contribution in [1.29, 1.82) is 0 Å². The van der Waals surface area contributed by atoms with Crippen LogP contribution in [0.1, 0.15) is 32.7 Å². The Balaban J connectivity index is 1.91. The van der Waals surface area contributed by atoms with E-state index in [2.05, 4.69) is 0 Å². The van der Waals surface area contributed by atoms with E-state index in [-0.39, 0.29) is 29.2 Å². The second-order valence-corrected chi connectivity index (χ2v) is 9.05. The maximum Gasteiger partial charge on any atom is 0.459 e. The van der Waals surface area contributed by atoms with Crippen molar-refractivity contribution >= 4 is 11.3 Å². The molecule has 1 atom stereocenters. The highest BCUT2D eigenvalue weighted by molar-refractivity contribution is 7.15. The molecule has 0 aliphatic carbocycles. The molecule has 3 rings (SSSR count). The van der Waals surface area contributed by atoms with Gasteiger partial charge in [-0.2, -0.15) is 26.3 Å². The zero-order valence-corrected chi connectivity index (χ0v) is 18.8. The van der Waals surface area contributed by atoms with E-state index in [0.29, 0.717) is 24.0 Å². The predicted octanol–water partition coefficient (Wildman–Crippen LogP) is 5.81. The number of benzene rings is 2. The number of alkyl halides is 6. The van der Waals surface area contributed by atoms with E-state index in [1.165, 1.54) is 18.2 Å². The van der Waals surface area contributed by atoms with Gasteiger partial charge in [0.15, 0.2) is 0 Å². The Bertz CT molecular complexity index is 1150. The van der Waals surface area contributed by atoms with Crippen LogP contribution >= 0.6 is 11.3 Å². The molecular weight excluding hydrogens is 482 g/mol. The molecule has 0 aliphatic heterocycles. The summed E-state index contributed by atoms with van der Waals surface area (Å²) in [5.74, 6) is -11.0. The molecule has 0 aliphatic rings. The Morgan fingerprint density at radius 1 is 0.824 bits per heavy atom. The number of hydrogen-bond donors (Lipinski definition) is 3. The van der Waals surface area contributed by atoms with Crippen LogP contribution in [0, 0.1) is 6.92 Å². The Labute approximate surface area is 195 Å². The quantitative estimate of drug-likeness (QED) is 0.340. The van der Waals surface area contributed by atoms with Crippen LogP contribution in [-0.2, 0) is 31.9 Å². The summed E-state index contributed by atoms with van der Waals surface area (Å²) in [7, 11) is 0. The van der Waals surface area contributed by atoms with E-state index >= 15 is 0 Å². The fraction of sp³-hybridized carbons (Fsp3) is 0.333. The van der Waals surface area contributed by atoms with Crippen molar-refractivity contribution in [2.75, 3.05) is 0 Å². The lowest BCUT2D eigenvalue weighted by Crippen LogP contribution is -2.52. The van der Waals surface area contributed by atoms with Crippen LogP contribution < -0.4 is 0 Å². The van der Waals surface area contributed by atoms with E-state index in [9.17, 15) is 41.7 Å². The van der Waals surface area contributed by atoms with Crippen LogP contribution in [0.2, 0.25) is 0 Å². The summed E-state index contributed by atoms with van der Waals surface area (Å²) in [5.41, 5.74) is 0.435. The molecule has 0 saturated heterocycles.